The van der Waals surface area contributed by atoms with Crippen molar-refractivity contribution in [3.63, 3.8) is 0 Å². The van der Waals surface area contributed by atoms with Crippen LogP contribution in [0.1, 0.15) is 0 Å². The molecule has 6 heteroatoms. The van der Waals surface area contributed by atoms with Gasteiger partial charge < -0.3 is 0 Å². The Kier molecular flexibility index (Phi) is 3.75. The van der Waals surface area contributed by atoms with E-state index in [2.05, 4.69) is 15.3 Å². The van der Waals surface area contributed by atoms with Crippen LogP contribution in [0.2, 0.25) is 0 Å². The van der Waals surface area contributed by atoms with Crippen LogP contribution in [0.25, 0.3) is 10.9 Å². The van der Waals surface area contributed by atoms with Gasteiger partial charge in [0.15, 0.2) is 11.4 Å². The van der Waals surface area contributed by atoms with Crippen molar-refractivity contribution in [3.8, 4) is 6.19 Å². The summed E-state index contributed by atoms with van der Waals surface area (Å²) in [6.07, 6.45) is 4.80. The van der Waals surface area contributed by atoms with E-state index in [0.29, 0.717) is 21.8 Å². The van der Waals surface area contributed by atoms with Crippen molar-refractivity contribution in [2.45, 2.75) is 0 Å². The summed E-state index contributed by atoms with van der Waals surface area (Å²) in [6.45, 7) is 0. The lowest BCUT2D eigenvalue weighted by Gasteiger charge is -2.01. The number of pyridine rings is 1. The number of hydrogen-bond donors (Lipinski definition) is 1. The third-order valence-electron chi connectivity index (χ3n) is 2.22. The van der Waals surface area contributed by atoms with Crippen LogP contribution in [-0.2, 0) is 0 Å². The number of rotatable bonds is 1. The largest absolute Gasteiger partial charge is 0.271 e. The Bertz CT molecular complexity index is 648. The van der Waals surface area contributed by atoms with Crippen molar-refractivity contribution >= 4 is 33.5 Å². The van der Waals surface area contributed by atoms with E-state index in [1.54, 1.807) is 18.2 Å². The van der Waals surface area contributed by atoms with E-state index in [9.17, 15) is 4.39 Å². The van der Waals surface area contributed by atoms with Gasteiger partial charge in [0.05, 0.1) is 17.4 Å². The summed E-state index contributed by atoms with van der Waals surface area (Å²) in [7, 11) is 0. The first-order valence-corrected chi connectivity index (χ1v) is 6.28. The zero-order chi connectivity index (χ0) is 13.0. The Morgan fingerprint density at radius 3 is 3.06 bits per heavy atom. The molecule has 0 saturated carbocycles. The lowest BCUT2D eigenvalue weighted by Crippen LogP contribution is -2.12. The molecule has 0 atom stereocenters. The third kappa shape index (κ3) is 2.76. The van der Waals surface area contributed by atoms with Gasteiger partial charge in [-0.15, -0.1) is 0 Å². The number of amidine groups is 1. The zero-order valence-electron chi connectivity index (χ0n) is 9.51. The fourth-order valence-electron chi connectivity index (χ4n) is 1.44. The number of nitriles is 1. The summed E-state index contributed by atoms with van der Waals surface area (Å²) in [4.78, 5) is 8.24. The lowest BCUT2D eigenvalue weighted by molar-refractivity contribution is 0.624. The van der Waals surface area contributed by atoms with Crippen LogP contribution < -0.4 is 5.32 Å². The second-order valence-corrected chi connectivity index (χ2v) is 4.18. The lowest BCUT2D eigenvalue weighted by atomic mass is 10.2. The molecule has 0 aliphatic heterocycles. The SMILES string of the molecule is CSC(=Nc1ccc2cc(F)cnc2c1)NC#N. The Morgan fingerprint density at radius 1 is 1.50 bits per heavy atom. The molecule has 1 heterocycles. The summed E-state index contributed by atoms with van der Waals surface area (Å²) < 4.78 is 13.0. The topological polar surface area (TPSA) is 61.1 Å². The van der Waals surface area contributed by atoms with E-state index in [-0.39, 0.29) is 5.82 Å². The fourth-order valence-corrected chi connectivity index (χ4v) is 1.79. The molecule has 2 rings (SSSR count). The molecule has 4 nitrogen and oxygen atoms in total. The monoisotopic (exact) mass is 260 g/mol. The number of fused-ring (bicyclic) bond motifs is 1. The molecule has 1 aromatic carbocycles. The van der Waals surface area contributed by atoms with Crippen LogP contribution in [-0.4, -0.2) is 16.4 Å². The molecule has 2 aromatic rings. The van der Waals surface area contributed by atoms with Gasteiger partial charge in [0, 0.05) is 5.39 Å². The molecule has 0 saturated heterocycles. The molecule has 0 aliphatic carbocycles. The molecule has 1 N–H and O–H groups in total. The molecular weight excluding hydrogens is 251 g/mol. The summed E-state index contributed by atoms with van der Waals surface area (Å²) in [5.74, 6) is -0.366. The van der Waals surface area contributed by atoms with Crippen molar-refractivity contribution in [2.75, 3.05) is 6.26 Å². The van der Waals surface area contributed by atoms with E-state index in [0.717, 1.165) is 0 Å². The number of thioether (sulfide) groups is 1. The maximum absolute atomic E-state index is 13.0. The molecule has 18 heavy (non-hydrogen) atoms. The minimum Gasteiger partial charge on any atom is -0.271 e. The van der Waals surface area contributed by atoms with E-state index >= 15 is 0 Å². The van der Waals surface area contributed by atoms with Crippen LogP contribution in [0.15, 0.2) is 35.5 Å². The number of nitrogens with zero attached hydrogens (tertiary/aromatic N) is 3. The van der Waals surface area contributed by atoms with E-state index in [1.165, 1.54) is 24.0 Å². The fraction of sp³-hybridized carbons (Fsp3) is 0.0833. The highest BCUT2D eigenvalue weighted by Gasteiger charge is 2.00. The van der Waals surface area contributed by atoms with Gasteiger partial charge in [0.25, 0.3) is 0 Å². The van der Waals surface area contributed by atoms with Crippen molar-refractivity contribution < 1.29 is 4.39 Å². The molecule has 90 valence electrons. The van der Waals surface area contributed by atoms with Gasteiger partial charge in [-0.3, -0.25) is 10.3 Å². The Balaban J connectivity index is 2.41. The summed E-state index contributed by atoms with van der Waals surface area (Å²) >= 11 is 1.33. The summed E-state index contributed by atoms with van der Waals surface area (Å²) in [6, 6.07) is 6.65. The molecule has 0 spiro atoms. The second-order valence-electron chi connectivity index (χ2n) is 3.39. The van der Waals surface area contributed by atoms with Gasteiger partial charge in [-0.2, -0.15) is 5.26 Å². The number of hydrogen-bond acceptors (Lipinski definition) is 4. The number of aromatic nitrogens is 1. The standard InChI is InChI=1S/C12H9FN4S/c1-18-12(16-7-14)17-10-3-2-8-4-9(13)6-15-11(8)5-10/h2-6H,1H3,(H,16,17). The predicted molar refractivity (Wildman–Crippen MR) is 71.1 cm³/mol. The molecular formula is C12H9FN4S. The third-order valence-corrected chi connectivity index (χ3v) is 2.80. The van der Waals surface area contributed by atoms with Crippen LogP contribution >= 0.6 is 11.8 Å². The molecule has 0 amide bonds. The minimum atomic E-state index is -0.366. The minimum absolute atomic E-state index is 0.366. The predicted octanol–water partition coefficient (Wildman–Crippen LogP) is 2.80. The molecule has 0 aliphatic rings. The van der Waals surface area contributed by atoms with Gasteiger partial charge in [-0.05, 0) is 24.5 Å². The highest BCUT2D eigenvalue weighted by atomic mass is 32.2. The first kappa shape index (κ1) is 12.3. The Hall–Kier alpha value is -2.13. The van der Waals surface area contributed by atoms with Gasteiger partial charge >= 0.3 is 0 Å². The Labute approximate surface area is 108 Å². The number of halogens is 1. The van der Waals surface area contributed by atoms with Crippen molar-refractivity contribution in [2.24, 2.45) is 4.99 Å². The average Bonchev–Trinajstić information content (AvgIpc) is 2.38. The highest BCUT2D eigenvalue weighted by Crippen LogP contribution is 2.21. The summed E-state index contributed by atoms with van der Waals surface area (Å²) in [5.41, 5.74) is 1.32. The number of nitrogens with one attached hydrogen (secondary N) is 1. The van der Waals surface area contributed by atoms with Crippen molar-refractivity contribution in [1.29, 1.82) is 5.26 Å². The average molecular weight is 260 g/mol. The molecule has 0 unspecified atom stereocenters. The van der Waals surface area contributed by atoms with Gasteiger partial charge in [-0.1, -0.05) is 17.8 Å². The first-order valence-electron chi connectivity index (χ1n) is 5.06. The first-order chi connectivity index (χ1) is 8.72. The van der Waals surface area contributed by atoms with Gasteiger partial charge in [0.1, 0.15) is 5.82 Å². The highest BCUT2D eigenvalue weighted by molar-refractivity contribution is 8.13. The van der Waals surface area contributed by atoms with E-state index in [4.69, 9.17) is 5.26 Å². The molecule has 1 aromatic heterocycles. The molecule has 0 bridgehead atoms. The molecule has 0 fully saturated rings. The molecule has 0 radical (unpaired) electrons. The zero-order valence-corrected chi connectivity index (χ0v) is 10.3. The van der Waals surface area contributed by atoms with Crippen LogP contribution in [0.5, 0.6) is 0 Å². The summed E-state index contributed by atoms with van der Waals surface area (Å²) in [5, 5.41) is 12.2. The van der Waals surface area contributed by atoms with E-state index < -0.39 is 0 Å². The van der Waals surface area contributed by atoms with Crippen LogP contribution in [0.4, 0.5) is 10.1 Å². The van der Waals surface area contributed by atoms with Crippen molar-refractivity contribution in [1.82, 2.24) is 10.3 Å². The Morgan fingerprint density at radius 2 is 2.33 bits per heavy atom. The van der Waals surface area contributed by atoms with E-state index in [1.807, 2.05) is 12.4 Å². The quantitative estimate of drug-likeness (QED) is 0.370. The maximum Gasteiger partial charge on any atom is 0.183 e. The second kappa shape index (κ2) is 5.47. The maximum atomic E-state index is 13.0. The number of aliphatic imine (C=N–C) groups is 1. The van der Waals surface area contributed by atoms with Crippen LogP contribution in [0, 0.1) is 17.3 Å². The van der Waals surface area contributed by atoms with Crippen LogP contribution in [0.3, 0.4) is 0 Å². The van der Waals surface area contributed by atoms with Gasteiger partial charge in [0.2, 0.25) is 0 Å². The normalized spacial score (nSPS) is 11.3. The van der Waals surface area contributed by atoms with Crippen molar-refractivity contribution in [3.05, 3.63) is 36.3 Å². The number of benzene rings is 1. The smallest absolute Gasteiger partial charge is 0.183 e. The van der Waals surface area contributed by atoms with Gasteiger partial charge in [-0.25, -0.2) is 9.38 Å².